The summed E-state index contributed by atoms with van der Waals surface area (Å²) in [5.41, 5.74) is 13.1. The Morgan fingerprint density at radius 2 is 1.76 bits per heavy atom. The Morgan fingerprint density at radius 3 is 2.32 bits per heavy atom. The van der Waals surface area contributed by atoms with E-state index in [9.17, 15) is 0 Å². The second kappa shape index (κ2) is 9.87. The second-order valence-electron chi connectivity index (χ2n) is 5.91. The maximum atomic E-state index is 5.62. The molecule has 136 valence electrons. The number of imidazole rings is 1. The van der Waals surface area contributed by atoms with Gasteiger partial charge in [-0.05, 0) is 24.3 Å². The van der Waals surface area contributed by atoms with Crippen molar-refractivity contribution < 1.29 is 4.57 Å². The first kappa shape index (κ1) is 19.0. The van der Waals surface area contributed by atoms with Crippen LogP contribution in [-0.4, -0.2) is 48.7 Å². The molecule has 0 saturated carbocycles. The van der Waals surface area contributed by atoms with Gasteiger partial charge in [0.25, 0.3) is 0 Å². The van der Waals surface area contributed by atoms with Crippen LogP contribution in [0.2, 0.25) is 0 Å². The minimum absolute atomic E-state index is 0.651. The van der Waals surface area contributed by atoms with Crippen molar-refractivity contribution in [2.75, 3.05) is 44.6 Å². The summed E-state index contributed by atoms with van der Waals surface area (Å²) in [7, 11) is 3.89. The average molecular weight is 345 g/mol. The van der Waals surface area contributed by atoms with E-state index in [1.165, 1.54) is 0 Å². The lowest BCUT2D eigenvalue weighted by molar-refractivity contribution is -0.657. The number of benzene rings is 1. The van der Waals surface area contributed by atoms with Crippen LogP contribution in [0.4, 0.5) is 17.3 Å². The van der Waals surface area contributed by atoms with Gasteiger partial charge in [0.2, 0.25) is 0 Å². The molecule has 1 heterocycles. The Labute approximate surface area is 149 Å². The number of hydrogen-bond donors (Lipinski definition) is 3. The van der Waals surface area contributed by atoms with Crippen molar-refractivity contribution in [1.82, 2.24) is 9.47 Å². The first-order chi connectivity index (χ1) is 12.1. The third-order valence-corrected chi connectivity index (χ3v) is 3.91. The van der Waals surface area contributed by atoms with E-state index >= 15 is 0 Å². The number of rotatable bonds is 10. The molecule has 0 aliphatic carbocycles. The summed E-state index contributed by atoms with van der Waals surface area (Å²) >= 11 is 0. The van der Waals surface area contributed by atoms with Crippen molar-refractivity contribution in [3.8, 4) is 0 Å². The van der Waals surface area contributed by atoms with Crippen LogP contribution in [0, 0.1) is 0 Å². The quantitative estimate of drug-likeness (QED) is 0.440. The van der Waals surface area contributed by atoms with Crippen molar-refractivity contribution in [3.63, 3.8) is 0 Å². The van der Waals surface area contributed by atoms with Gasteiger partial charge in [-0.3, -0.25) is 4.90 Å². The number of aryl methyl sites for hydroxylation is 2. The molecule has 0 atom stereocenters. The molecule has 0 spiro atoms. The SMILES string of the molecule is Cn1cc[n+](C)c1/N=N/c1ccc(NCCN(CCN)CCN)cc1. The fourth-order valence-electron chi connectivity index (χ4n) is 2.53. The van der Waals surface area contributed by atoms with E-state index in [2.05, 4.69) is 20.4 Å². The molecular formula is C17H29N8+. The zero-order chi connectivity index (χ0) is 18.1. The molecular weight excluding hydrogens is 316 g/mol. The van der Waals surface area contributed by atoms with Crippen molar-refractivity contribution in [2.45, 2.75) is 0 Å². The average Bonchev–Trinajstić information content (AvgIpc) is 2.93. The zero-order valence-corrected chi connectivity index (χ0v) is 15.1. The Morgan fingerprint density at radius 1 is 1.08 bits per heavy atom. The lowest BCUT2D eigenvalue weighted by atomic mass is 10.3. The van der Waals surface area contributed by atoms with Crippen LogP contribution < -0.4 is 21.4 Å². The Hall–Kier alpha value is -2.29. The molecule has 2 aromatic rings. The van der Waals surface area contributed by atoms with Crippen LogP contribution in [0.5, 0.6) is 0 Å². The lowest BCUT2D eigenvalue weighted by Crippen LogP contribution is -2.37. The third-order valence-electron chi connectivity index (χ3n) is 3.91. The van der Waals surface area contributed by atoms with Crippen molar-refractivity contribution in [3.05, 3.63) is 36.7 Å². The molecule has 1 aromatic carbocycles. The number of anilines is 1. The molecule has 2 rings (SSSR count). The largest absolute Gasteiger partial charge is 0.421 e. The number of nitrogens with two attached hydrogens (primary N) is 2. The van der Waals surface area contributed by atoms with Gasteiger partial charge in [0.15, 0.2) is 0 Å². The van der Waals surface area contributed by atoms with Crippen LogP contribution in [-0.2, 0) is 14.1 Å². The smallest absolute Gasteiger partial charge is 0.384 e. The first-order valence-corrected chi connectivity index (χ1v) is 8.53. The molecule has 0 unspecified atom stereocenters. The lowest BCUT2D eigenvalue weighted by Gasteiger charge is -2.21. The fraction of sp³-hybridized carbons (Fsp3) is 0.471. The van der Waals surface area contributed by atoms with Crippen LogP contribution in [0.3, 0.4) is 0 Å². The predicted molar refractivity (Wildman–Crippen MR) is 100 cm³/mol. The van der Waals surface area contributed by atoms with Crippen LogP contribution in [0.15, 0.2) is 46.9 Å². The van der Waals surface area contributed by atoms with Crippen LogP contribution in [0.1, 0.15) is 0 Å². The van der Waals surface area contributed by atoms with Gasteiger partial charge in [-0.1, -0.05) is 5.11 Å². The molecule has 8 heteroatoms. The number of aromatic nitrogens is 2. The summed E-state index contributed by atoms with van der Waals surface area (Å²) in [5, 5.41) is 12.0. The van der Waals surface area contributed by atoms with Crippen LogP contribution >= 0.6 is 0 Å². The highest BCUT2D eigenvalue weighted by molar-refractivity contribution is 5.50. The summed E-state index contributed by atoms with van der Waals surface area (Å²) in [6.07, 6.45) is 3.89. The summed E-state index contributed by atoms with van der Waals surface area (Å²) in [6, 6.07) is 7.92. The van der Waals surface area contributed by atoms with Crippen molar-refractivity contribution in [2.24, 2.45) is 35.8 Å². The topological polar surface area (TPSA) is 101 Å². The van der Waals surface area contributed by atoms with Crippen LogP contribution in [0.25, 0.3) is 0 Å². The van der Waals surface area contributed by atoms with Gasteiger partial charge in [0.05, 0.1) is 26.5 Å². The molecule has 0 aliphatic rings. The minimum Gasteiger partial charge on any atom is -0.384 e. The maximum Gasteiger partial charge on any atom is 0.421 e. The van der Waals surface area contributed by atoms with E-state index in [1.54, 1.807) is 0 Å². The number of hydrogen-bond acceptors (Lipinski definition) is 6. The molecule has 0 aliphatic heterocycles. The molecule has 0 bridgehead atoms. The van der Waals surface area contributed by atoms with E-state index in [0.29, 0.717) is 13.1 Å². The highest BCUT2D eigenvalue weighted by Gasteiger charge is 2.10. The fourth-order valence-corrected chi connectivity index (χ4v) is 2.53. The number of nitrogens with one attached hydrogen (secondary N) is 1. The third kappa shape index (κ3) is 5.93. The molecule has 0 amide bonds. The minimum atomic E-state index is 0.651. The molecule has 0 radical (unpaired) electrons. The summed E-state index contributed by atoms with van der Waals surface area (Å²) in [5.74, 6) is 0.794. The monoisotopic (exact) mass is 345 g/mol. The van der Waals surface area contributed by atoms with Gasteiger partial charge < -0.3 is 16.8 Å². The normalized spacial score (nSPS) is 11.6. The predicted octanol–water partition coefficient (Wildman–Crippen LogP) is 0.896. The molecule has 1 aromatic heterocycles. The van der Waals surface area contributed by atoms with Gasteiger partial charge in [0.1, 0.15) is 5.69 Å². The van der Waals surface area contributed by atoms with E-state index in [4.69, 9.17) is 11.5 Å². The standard InChI is InChI=1S/C17H28N8/c1-23-13-14-24(2)17(23)22-21-16-5-3-15(4-6-16)20-9-12-25(10-7-18)11-8-19/h3-6,13-14H,7-12,18-19H2,1-2H3/p+1. The number of nitrogens with zero attached hydrogens (tertiary/aromatic N) is 5. The van der Waals surface area contributed by atoms with Gasteiger partial charge in [-0.2, -0.15) is 0 Å². The van der Waals surface area contributed by atoms with Crippen molar-refractivity contribution in [1.29, 1.82) is 0 Å². The van der Waals surface area contributed by atoms with Gasteiger partial charge in [-0.25, -0.2) is 9.13 Å². The number of azo groups is 1. The second-order valence-corrected chi connectivity index (χ2v) is 5.91. The Bertz CT molecular complexity index is 636. The molecule has 8 nitrogen and oxygen atoms in total. The van der Waals surface area contributed by atoms with E-state index < -0.39 is 0 Å². The Balaban J connectivity index is 1.85. The molecule has 0 saturated heterocycles. The highest BCUT2D eigenvalue weighted by Crippen LogP contribution is 2.18. The van der Waals surface area contributed by atoms with Gasteiger partial charge >= 0.3 is 5.95 Å². The zero-order valence-electron chi connectivity index (χ0n) is 15.1. The van der Waals surface area contributed by atoms with Crippen molar-refractivity contribution >= 4 is 17.3 Å². The van der Waals surface area contributed by atoms with E-state index in [1.807, 2.05) is 59.9 Å². The van der Waals surface area contributed by atoms with E-state index in [0.717, 1.165) is 43.5 Å². The molecule has 0 fully saturated rings. The summed E-state index contributed by atoms with van der Waals surface area (Å²) in [6.45, 7) is 4.81. The Kier molecular flexibility index (Phi) is 7.52. The summed E-state index contributed by atoms with van der Waals surface area (Å²) < 4.78 is 3.85. The van der Waals surface area contributed by atoms with Gasteiger partial charge in [0, 0.05) is 50.1 Å². The summed E-state index contributed by atoms with van der Waals surface area (Å²) in [4.78, 5) is 2.26. The highest BCUT2D eigenvalue weighted by atomic mass is 15.3. The maximum absolute atomic E-state index is 5.62. The van der Waals surface area contributed by atoms with E-state index in [-0.39, 0.29) is 0 Å². The van der Waals surface area contributed by atoms with Gasteiger partial charge in [-0.15, -0.1) is 0 Å². The first-order valence-electron chi connectivity index (χ1n) is 8.53. The molecule has 5 N–H and O–H groups in total. The molecule has 25 heavy (non-hydrogen) atoms.